The van der Waals surface area contributed by atoms with Gasteiger partial charge in [0.25, 0.3) is 0 Å². The lowest BCUT2D eigenvalue weighted by atomic mass is 9.73. The molecule has 0 amide bonds. The van der Waals surface area contributed by atoms with Gasteiger partial charge in [0, 0.05) is 24.7 Å². The summed E-state index contributed by atoms with van der Waals surface area (Å²) >= 11 is 5.95. The molecule has 2 rings (SSSR count). The summed E-state index contributed by atoms with van der Waals surface area (Å²) in [7, 11) is 4.32. The van der Waals surface area contributed by atoms with Gasteiger partial charge in [0.1, 0.15) is 0 Å². The minimum atomic E-state index is 0.466. The van der Waals surface area contributed by atoms with E-state index in [1.54, 1.807) is 0 Å². The molecule has 20 heavy (non-hydrogen) atoms. The Morgan fingerprint density at radius 1 is 1.15 bits per heavy atom. The molecule has 0 saturated heterocycles. The Morgan fingerprint density at radius 3 is 2.40 bits per heavy atom. The van der Waals surface area contributed by atoms with Crippen molar-refractivity contribution < 1.29 is 0 Å². The summed E-state index contributed by atoms with van der Waals surface area (Å²) in [4.78, 5) is 2.46. The van der Waals surface area contributed by atoms with E-state index in [0.717, 1.165) is 18.1 Å². The first kappa shape index (κ1) is 15.8. The highest BCUT2D eigenvalue weighted by atomic mass is 35.5. The zero-order valence-corrected chi connectivity index (χ0v) is 13.5. The second-order valence-electron chi connectivity index (χ2n) is 6.39. The third kappa shape index (κ3) is 4.47. The number of benzene rings is 1. The van der Waals surface area contributed by atoms with Crippen molar-refractivity contribution in [2.75, 3.05) is 27.2 Å². The van der Waals surface area contributed by atoms with Crippen LogP contribution >= 0.6 is 11.6 Å². The summed E-state index contributed by atoms with van der Waals surface area (Å²) in [5.74, 6) is 0. The normalized spacial score (nSPS) is 18.4. The first-order valence-electron chi connectivity index (χ1n) is 7.71. The third-order valence-electron chi connectivity index (χ3n) is 4.44. The lowest BCUT2D eigenvalue weighted by Gasteiger charge is -2.40. The summed E-state index contributed by atoms with van der Waals surface area (Å²) in [5, 5.41) is 4.23. The minimum absolute atomic E-state index is 0.466. The first-order chi connectivity index (χ1) is 9.63. The van der Waals surface area contributed by atoms with Gasteiger partial charge in [-0.2, -0.15) is 0 Å². The molecule has 0 heterocycles. The quantitative estimate of drug-likeness (QED) is 0.855. The molecule has 2 nitrogen and oxygen atoms in total. The Kier molecular flexibility index (Phi) is 5.88. The van der Waals surface area contributed by atoms with Crippen molar-refractivity contribution in [1.29, 1.82) is 0 Å². The number of rotatable bonds is 6. The second kappa shape index (κ2) is 7.44. The molecule has 1 fully saturated rings. The van der Waals surface area contributed by atoms with Gasteiger partial charge in [0.15, 0.2) is 0 Å². The van der Waals surface area contributed by atoms with Crippen molar-refractivity contribution in [3.05, 3.63) is 34.9 Å². The number of halogens is 1. The van der Waals surface area contributed by atoms with Crippen LogP contribution in [0.2, 0.25) is 5.02 Å². The molecule has 0 radical (unpaired) electrons. The molecular formula is C17H27ClN2. The monoisotopic (exact) mass is 294 g/mol. The highest BCUT2D eigenvalue weighted by Crippen LogP contribution is 2.36. The fraction of sp³-hybridized carbons (Fsp3) is 0.647. The van der Waals surface area contributed by atoms with Gasteiger partial charge in [-0.05, 0) is 50.0 Å². The number of hydrogen-bond donors (Lipinski definition) is 1. The maximum atomic E-state index is 5.95. The highest BCUT2D eigenvalue weighted by Gasteiger charge is 2.32. The zero-order valence-electron chi connectivity index (χ0n) is 12.8. The van der Waals surface area contributed by atoms with Crippen LogP contribution in [0.15, 0.2) is 24.3 Å². The largest absolute Gasteiger partial charge is 0.319 e. The fourth-order valence-electron chi connectivity index (χ4n) is 3.60. The predicted octanol–water partition coefficient (Wildman–Crippen LogP) is 3.94. The van der Waals surface area contributed by atoms with E-state index in [9.17, 15) is 0 Å². The molecule has 1 aliphatic carbocycles. The fourth-order valence-corrected chi connectivity index (χ4v) is 3.72. The van der Waals surface area contributed by atoms with Crippen LogP contribution in [-0.4, -0.2) is 32.1 Å². The van der Waals surface area contributed by atoms with Gasteiger partial charge in [-0.3, -0.25) is 0 Å². The summed E-state index contributed by atoms with van der Waals surface area (Å²) in [6.45, 7) is 3.32. The smallest absolute Gasteiger partial charge is 0.0406 e. The van der Waals surface area contributed by atoms with E-state index in [-0.39, 0.29) is 0 Å². The van der Waals surface area contributed by atoms with Crippen molar-refractivity contribution in [2.24, 2.45) is 5.41 Å². The van der Waals surface area contributed by atoms with E-state index in [2.05, 4.69) is 36.4 Å². The number of nitrogens with zero attached hydrogens (tertiary/aromatic N) is 1. The van der Waals surface area contributed by atoms with Gasteiger partial charge in [-0.1, -0.05) is 43.0 Å². The van der Waals surface area contributed by atoms with Gasteiger partial charge in [0.05, 0.1) is 0 Å². The molecule has 0 aliphatic heterocycles. The zero-order chi connectivity index (χ0) is 14.4. The molecule has 0 spiro atoms. The first-order valence-corrected chi connectivity index (χ1v) is 8.09. The molecule has 1 aliphatic rings. The Morgan fingerprint density at radius 2 is 1.80 bits per heavy atom. The molecule has 112 valence electrons. The van der Waals surface area contributed by atoms with Crippen molar-refractivity contribution in [3.63, 3.8) is 0 Å². The lowest BCUT2D eigenvalue weighted by Crippen LogP contribution is -2.43. The van der Waals surface area contributed by atoms with E-state index < -0.39 is 0 Å². The topological polar surface area (TPSA) is 15.3 Å². The maximum Gasteiger partial charge on any atom is 0.0406 e. The second-order valence-corrected chi connectivity index (χ2v) is 6.83. The average molecular weight is 295 g/mol. The van der Waals surface area contributed by atoms with E-state index >= 15 is 0 Å². The van der Waals surface area contributed by atoms with Crippen molar-refractivity contribution >= 4 is 11.6 Å². The molecular weight excluding hydrogens is 268 g/mol. The number of nitrogens with one attached hydrogen (secondary N) is 1. The molecule has 0 unspecified atom stereocenters. The van der Waals surface area contributed by atoms with Crippen LogP contribution < -0.4 is 5.32 Å². The number of hydrogen-bond acceptors (Lipinski definition) is 2. The maximum absolute atomic E-state index is 5.95. The highest BCUT2D eigenvalue weighted by molar-refractivity contribution is 6.30. The summed E-state index contributed by atoms with van der Waals surface area (Å²) in [5.41, 5.74) is 1.81. The van der Waals surface area contributed by atoms with E-state index in [0.29, 0.717) is 5.41 Å². The SMILES string of the molecule is CNCC1(CN(C)Cc2ccc(Cl)cc2)CCCCC1. The van der Waals surface area contributed by atoms with Gasteiger partial charge in [-0.15, -0.1) is 0 Å². The van der Waals surface area contributed by atoms with E-state index in [1.165, 1.54) is 44.2 Å². The van der Waals surface area contributed by atoms with Gasteiger partial charge in [-0.25, -0.2) is 0 Å². The Hall–Kier alpha value is -0.570. The molecule has 1 aromatic rings. The van der Waals surface area contributed by atoms with E-state index in [1.807, 2.05) is 12.1 Å². The molecule has 1 saturated carbocycles. The Labute approximate surface area is 128 Å². The third-order valence-corrected chi connectivity index (χ3v) is 4.69. The Bertz CT molecular complexity index is 390. The van der Waals surface area contributed by atoms with Crippen molar-refractivity contribution in [3.8, 4) is 0 Å². The van der Waals surface area contributed by atoms with Gasteiger partial charge >= 0.3 is 0 Å². The van der Waals surface area contributed by atoms with Crippen molar-refractivity contribution in [1.82, 2.24) is 10.2 Å². The standard InChI is InChI=1S/C17H27ClN2/c1-19-13-17(10-4-3-5-11-17)14-20(2)12-15-6-8-16(18)9-7-15/h6-9,19H,3-5,10-14H2,1-2H3. The van der Waals surface area contributed by atoms with Crippen LogP contribution in [0.1, 0.15) is 37.7 Å². The lowest BCUT2D eigenvalue weighted by molar-refractivity contribution is 0.116. The molecule has 1 N–H and O–H groups in total. The van der Waals surface area contributed by atoms with Crippen LogP contribution in [0.25, 0.3) is 0 Å². The molecule has 1 aromatic carbocycles. The minimum Gasteiger partial charge on any atom is -0.319 e. The Balaban J connectivity index is 1.93. The molecule has 3 heteroatoms. The summed E-state index contributed by atoms with van der Waals surface area (Å²) in [6, 6.07) is 8.22. The molecule has 0 aromatic heterocycles. The van der Waals surface area contributed by atoms with Crippen LogP contribution in [0.5, 0.6) is 0 Å². The van der Waals surface area contributed by atoms with Gasteiger partial charge < -0.3 is 10.2 Å². The summed E-state index contributed by atoms with van der Waals surface area (Å²) < 4.78 is 0. The average Bonchev–Trinajstić information content (AvgIpc) is 2.42. The van der Waals surface area contributed by atoms with Gasteiger partial charge in [0.2, 0.25) is 0 Å². The summed E-state index contributed by atoms with van der Waals surface area (Å²) in [6.07, 6.45) is 6.90. The van der Waals surface area contributed by atoms with Crippen molar-refractivity contribution in [2.45, 2.75) is 38.6 Å². The molecule has 0 bridgehead atoms. The predicted molar refractivity (Wildman–Crippen MR) is 87.2 cm³/mol. The van der Waals surface area contributed by atoms with Crippen LogP contribution in [0.3, 0.4) is 0 Å². The van der Waals surface area contributed by atoms with Crippen LogP contribution in [0.4, 0.5) is 0 Å². The van der Waals surface area contributed by atoms with Crippen LogP contribution in [0, 0.1) is 5.41 Å². The molecule has 0 atom stereocenters. The van der Waals surface area contributed by atoms with E-state index in [4.69, 9.17) is 11.6 Å². The van der Waals surface area contributed by atoms with Crippen LogP contribution in [-0.2, 0) is 6.54 Å².